The molecular formula is C22H25FN6O5. The maximum Gasteiger partial charge on any atom is 0.313 e. The van der Waals surface area contributed by atoms with E-state index < -0.39 is 11.8 Å². The molecule has 0 saturated carbocycles. The van der Waals surface area contributed by atoms with E-state index in [1.54, 1.807) is 19.1 Å². The number of hydrogen-bond donors (Lipinski definition) is 2. The molecule has 34 heavy (non-hydrogen) atoms. The van der Waals surface area contributed by atoms with E-state index in [1.165, 1.54) is 18.5 Å². The number of aromatic nitrogens is 2. The second-order valence-corrected chi connectivity index (χ2v) is 7.33. The average molecular weight is 472 g/mol. The lowest BCUT2D eigenvalue weighted by molar-refractivity contribution is -0.145. The van der Waals surface area contributed by atoms with Crippen LogP contribution in [0.2, 0.25) is 0 Å². The minimum atomic E-state index is -0.701. The summed E-state index contributed by atoms with van der Waals surface area (Å²) in [5.74, 6) is -1.39. The first-order valence-corrected chi connectivity index (χ1v) is 10.5. The number of nitrogens with two attached hydrogens (primary N) is 1. The number of esters is 2. The van der Waals surface area contributed by atoms with Crippen LogP contribution in [0, 0.1) is 11.2 Å². The Labute approximate surface area is 195 Å². The van der Waals surface area contributed by atoms with Crippen LogP contribution in [0.5, 0.6) is 0 Å². The SMILES string of the molecule is CCC(=O)OCCON=C1CN(c2ncc(-c3cccc(COC(=O)CC(=N)N)c3F)cn2)C1. The molecule has 0 atom stereocenters. The topological polar surface area (TPSA) is 153 Å². The monoisotopic (exact) mass is 472 g/mol. The molecule has 3 N–H and O–H groups in total. The van der Waals surface area contributed by atoms with Crippen LogP contribution in [0.15, 0.2) is 35.7 Å². The van der Waals surface area contributed by atoms with Crippen molar-refractivity contribution in [2.45, 2.75) is 26.4 Å². The molecule has 0 radical (unpaired) electrons. The molecule has 180 valence electrons. The van der Waals surface area contributed by atoms with Crippen LogP contribution < -0.4 is 10.6 Å². The lowest BCUT2D eigenvalue weighted by Crippen LogP contribution is -2.48. The number of halogens is 1. The average Bonchev–Trinajstić information content (AvgIpc) is 2.79. The maximum absolute atomic E-state index is 14.9. The summed E-state index contributed by atoms with van der Waals surface area (Å²) < 4.78 is 24.8. The number of nitrogens with one attached hydrogen (secondary N) is 1. The smallest absolute Gasteiger partial charge is 0.313 e. The Kier molecular flexibility index (Phi) is 8.43. The Hall–Kier alpha value is -4.09. The van der Waals surface area contributed by atoms with Gasteiger partial charge in [0.05, 0.1) is 18.8 Å². The van der Waals surface area contributed by atoms with Gasteiger partial charge >= 0.3 is 11.9 Å². The third-order valence-corrected chi connectivity index (χ3v) is 4.70. The highest BCUT2D eigenvalue weighted by atomic mass is 19.1. The molecule has 0 spiro atoms. The van der Waals surface area contributed by atoms with Gasteiger partial charge in [-0.3, -0.25) is 15.0 Å². The van der Waals surface area contributed by atoms with Gasteiger partial charge in [0.1, 0.15) is 31.3 Å². The fraction of sp³-hybridized carbons (Fsp3) is 0.364. The fourth-order valence-corrected chi connectivity index (χ4v) is 2.93. The molecule has 1 aliphatic rings. The number of hydrogen-bond acceptors (Lipinski definition) is 10. The minimum Gasteiger partial charge on any atom is -0.462 e. The van der Waals surface area contributed by atoms with Crippen molar-refractivity contribution in [1.29, 1.82) is 5.41 Å². The van der Waals surface area contributed by atoms with Crippen molar-refractivity contribution in [3.05, 3.63) is 42.0 Å². The van der Waals surface area contributed by atoms with Crippen molar-refractivity contribution in [2.24, 2.45) is 10.9 Å². The van der Waals surface area contributed by atoms with E-state index >= 15 is 0 Å². The summed E-state index contributed by atoms with van der Waals surface area (Å²) in [6.07, 6.45) is 3.00. The molecule has 1 aromatic carbocycles. The first-order valence-electron chi connectivity index (χ1n) is 10.5. The Morgan fingerprint density at radius 3 is 2.59 bits per heavy atom. The number of carbonyl (C=O) groups is 2. The van der Waals surface area contributed by atoms with Gasteiger partial charge in [-0.05, 0) is 0 Å². The highest BCUT2D eigenvalue weighted by molar-refractivity contribution is 5.98. The van der Waals surface area contributed by atoms with Crippen LogP contribution in [-0.4, -0.2) is 59.8 Å². The number of carbonyl (C=O) groups excluding carboxylic acids is 2. The Morgan fingerprint density at radius 2 is 1.91 bits per heavy atom. The van der Waals surface area contributed by atoms with Gasteiger partial charge in [0.15, 0.2) is 6.61 Å². The highest BCUT2D eigenvalue weighted by Crippen LogP contribution is 2.26. The molecule has 2 aromatic rings. The Bertz CT molecular complexity index is 1070. The van der Waals surface area contributed by atoms with Gasteiger partial charge < -0.3 is 24.9 Å². The van der Waals surface area contributed by atoms with Crippen LogP contribution in [0.4, 0.5) is 10.3 Å². The van der Waals surface area contributed by atoms with Gasteiger partial charge in [-0.1, -0.05) is 30.3 Å². The molecule has 3 rings (SSSR count). The van der Waals surface area contributed by atoms with Gasteiger partial charge in [0.25, 0.3) is 0 Å². The number of benzene rings is 1. The molecule has 0 bridgehead atoms. The highest BCUT2D eigenvalue weighted by Gasteiger charge is 2.25. The summed E-state index contributed by atoms with van der Waals surface area (Å²) in [4.78, 5) is 38.2. The molecule has 0 aliphatic carbocycles. The van der Waals surface area contributed by atoms with Crippen molar-refractivity contribution in [2.75, 3.05) is 31.2 Å². The quantitative estimate of drug-likeness (QED) is 0.164. The van der Waals surface area contributed by atoms with E-state index in [1.807, 2.05) is 4.90 Å². The second kappa shape index (κ2) is 11.7. The zero-order chi connectivity index (χ0) is 24.5. The number of ether oxygens (including phenoxy) is 2. The lowest BCUT2D eigenvalue weighted by Gasteiger charge is -2.31. The van der Waals surface area contributed by atoms with Gasteiger partial charge in [0, 0.05) is 35.5 Å². The lowest BCUT2D eigenvalue weighted by atomic mass is 10.1. The number of oxime groups is 1. The van der Waals surface area contributed by atoms with Crippen LogP contribution >= 0.6 is 0 Å². The van der Waals surface area contributed by atoms with E-state index in [0.29, 0.717) is 31.0 Å². The van der Waals surface area contributed by atoms with Crippen molar-refractivity contribution in [3.63, 3.8) is 0 Å². The number of anilines is 1. The van der Waals surface area contributed by atoms with E-state index in [2.05, 4.69) is 15.1 Å². The molecule has 11 nitrogen and oxygen atoms in total. The third-order valence-electron chi connectivity index (χ3n) is 4.70. The van der Waals surface area contributed by atoms with Crippen LogP contribution in [0.25, 0.3) is 11.1 Å². The molecule has 0 unspecified atom stereocenters. The number of rotatable bonds is 11. The second-order valence-electron chi connectivity index (χ2n) is 7.33. The summed E-state index contributed by atoms with van der Waals surface area (Å²) in [7, 11) is 0. The molecule has 1 fully saturated rings. The largest absolute Gasteiger partial charge is 0.462 e. The van der Waals surface area contributed by atoms with Crippen molar-refractivity contribution >= 4 is 29.4 Å². The summed E-state index contributed by atoms with van der Waals surface area (Å²) >= 11 is 0. The Morgan fingerprint density at radius 1 is 1.18 bits per heavy atom. The fourth-order valence-electron chi connectivity index (χ4n) is 2.93. The zero-order valence-corrected chi connectivity index (χ0v) is 18.6. The van der Waals surface area contributed by atoms with E-state index in [-0.39, 0.29) is 49.2 Å². The number of amidine groups is 1. The maximum atomic E-state index is 14.9. The van der Waals surface area contributed by atoms with E-state index in [0.717, 1.165) is 5.71 Å². The minimum absolute atomic E-state index is 0.149. The third kappa shape index (κ3) is 6.70. The normalized spacial score (nSPS) is 12.5. The first kappa shape index (κ1) is 24.6. The van der Waals surface area contributed by atoms with E-state index in [9.17, 15) is 14.0 Å². The molecule has 2 heterocycles. The summed E-state index contributed by atoms with van der Waals surface area (Å²) in [6, 6.07) is 4.73. The van der Waals surface area contributed by atoms with Crippen LogP contribution in [-0.2, 0) is 30.5 Å². The van der Waals surface area contributed by atoms with Crippen LogP contribution in [0.1, 0.15) is 25.3 Å². The molecular weight excluding hydrogens is 447 g/mol. The van der Waals surface area contributed by atoms with E-state index in [4.69, 9.17) is 25.5 Å². The zero-order valence-electron chi connectivity index (χ0n) is 18.6. The van der Waals surface area contributed by atoms with Crippen molar-refractivity contribution in [3.8, 4) is 11.1 Å². The standard InChI is InChI=1S/C22H25FN6O5/c1-2-19(30)32-6-7-34-28-16-11-29(12-16)22-26-9-15(10-27-22)17-5-3-4-14(21(17)23)13-33-20(31)8-18(24)25/h3-5,9-10H,2,6-8,11-13H2,1H3,(H3,24,25). The summed E-state index contributed by atoms with van der Waals surface area (Å²) in [5.41, 5.74) is 6.89. The molecule has 1 aliphatic heterocycles. The van der Waals surface area contributed by atoms with Crippen LogP contribution in [0.3, 0.4) is 0 Å². The molecule has 12 heteroatoms. The van der Waals surface area contributed by atoms with Gasteiger partial charge in [0.2, 0.25) is 5.95 Å². The van der Waals surface area contributed by atoms with Gasteiger partial charge in [-0.2, -0.15) is 0 Å². The number of nitrogens with zero attached hydrogens (tertiary/aromatic N) is 4. The van der Waals surface area contributed by atoms with Gasteiger partial charge in [-0.15, -0.1) is 0 Å². The van der Waals surface area contributed by atoms with Crippen molar-refractivity contribution in [1.82, 2.24) is 9.97 Å². The molecule has 1 saturated heterocycles. The molecule has 1 aromatic heterocycles. The van der Waals surface area contributed by atoms with Crippen molar-refractivity contribution < 1.29 is 28.3 Å². The van der Waals surface area contributed by atoms with Gasteiger partial charge in [-0.25, -0.2) is 14.4 Å². The summed E-state index contributed by atoms with van der Waals surface area (Å²) in [5, 5.41) is 11.1. The predicted octanol–water partition coefficient (Wildman–Crippen LogP) is 1.80. The molecule has 0 amide bonds. The Balaban J connectivity index is 1.52. The first-order chi connectivity index (χ1) is 16.4. The predicted molar refractivity (Wildman–Crippen MR) is 121 cm³/mol. The summed E-state index contributed by atoms with van der Waals surface area (Å²) in [6.45, 7) is 2.75.